The maximum atomic E-state index is 9.98. The third kappa shape index (κ3) is 3.38. The maximum Gasteiger partial charge on any atom is 0.506 e. The van der Waals surface area contributed by atoms with Gasteiger partial charge in [-0.1, -0.05) is 13.8 Å². The molecule has 4 heteroatoms. The van der Waals surface area contributed by atoms with E-state index in [1.165, 1.54) is 0 Å². The van der Waals surface area contributed by atoms with Crippen LogP contribution in [-0.2, 0) is 4.74 Å². The first kappa shape index (κ1) is 9.33. The molecule has 0 aromatic heterocycles. The molecule has 0 rings (SSSR count). The van der Waals surface area contributed by atoms with E-state index in [1.54, 1.807) is 20.8 Å². The van der Waals surface area contributed by atoms with Gasteiger partial charge in [0.2, 0.25) is 0 Å². The van der Waals surface area contributed by atoms with Crippen molar-refractivity contribution in [2.45, 2.75) is 32.2 Å². The van der Waals surface area contributed by atoms with Crippen LogP contribution >= 0.6 is 0 Å². The van der Waals surface area contributed by atoms with E-state index in [0.717, 1.165) is 0 Å². The molecule has 10 heavy (non-hydrogen) atoms. The third-order valence-corrected chi connectivity index (χ3v) is 1.33. The smallest absolute Gasteiger partial charge is 0.450 e. The summed E-state index contributed by atoms with van der Waals surface area (Å²) in [5.74, 6) is 0. The Morgan fingerprint density at radius 3 is 2.20 bits per heavy atom. The second kappa shape index (κ2) is 2.95. The van der Waals surface area contributed by atoms with Crippen LogP contribution in [0.3, 0.4) is 0 Å². The number of ether oxygens (including phenoxy) is 1. The van der Waals surface area contributed by atoms with Gasteiger partial charge in [0.05, 0.1) is 14.0 Å². The van der Waals surface area contributed by atoms with E-state index in [9.17, 15) is 4.79 Å². The first-order valence-corrected chi connectivity index (χ1v) is 3.02. The molecular weight excluding hydrogens is 131 g/mol. The van der Waals surface area contributed by atoms with Crippen molar-refractivity contribution in [2.75, 3.05) is 0 Å². The highest BCUT2D eigenvalue weighted by Gasteiger charge is 2.22. The molecule has 0 aromatic carbocycles. The molecule has 0 heterocycles. The highest BCUT2D eigenvalue weighted by molar-refractivity contribution is 6.15. The van der Waals surface area contributed by atoms with Crippen LogP contribution in [0.5, 0.6) is 0 Å². The van der Waals surface area contributed by atoms with Crippen molar-refractivity contribution in [3.8, 4) is 0 Å². The second-order valence-corrected chi connectivity index (χ2v) is 2.85. The average Bonchev–Trinajstić information content (AvgIpc) is 1.60. The molecule has 0 amide bonds. The molecule has 0 aliphatic rings. The number of hydrogen-bond donors (Lipinski definition) is 1. The minimum Gasteiger partial charge on any atom is -0.450 e. The average molecular weight is 142 g/mol. The van der Waals surface area contributed by atoms with Crippen LogP contribution in [-0.4, -0.2) is 25.2 Å². The van der Waals surface area contributed by atoms with Crippen molar-refractivity contribution < 1.29 is 14.6 Å². The molecule has 0 aliphatic carbocycles. The Balaban J connectivity index is 3.85. The van der Waals surface area contributed by atoms with Crippen molar-refractivity contribution in [3.63, 3.8) is 0 Å². The van der Waals surface area contributed by atoms with Crippen molar-refractivity contribution in [1.29, 1.82) is 0 Å². The number of rotatable bonds is 2. The quantitative estimate of drug-likeness (QED) is 0.468. The van der Waals surface area contributed by atoms with E-state index < -0.39 is 17.6 Å². The molecule has 1 unspecified atom stereocenters. The van der Waals surface area contributed by atoms with Crippen LogP contribution in [0.25, 0.3) is 0 Å². The Bertz CT molecular complexity index is 127. The van der Waals surface area contributed by atoms with Crippen LogP contribution < -0.4 is 0 Å². The number of carbonyl (C=O) groups is 1. The van der Waals surface area contributed by atoms with Crippen LogP contribution in [0.1, 0.15) is 20.8 Å². The van der Waals surface area contributed by atoms with E-state index in [2.05, 4.69) is 4.74 Å². The molecule has 2 radical (unpaired) electrons. The summed E-state index contributed by atoms with van der Waals surface area (Å²) in [6.07, 6.45) is -1.77. The molecule has 1 atom stereocenters. The summed E-state index contributed by atoms with van der Waals surface area (Å²) in [4.78, 5) is 9.98. The van der Waals surface area contributed by atoms with Crippen LogP contribution in [0.15, 0.2) is 0 Å². The fourth-order valence-electron chi connectivity index (χ4n) is 0.303. The Labute approximate surface area is 61.8 Å². The zero-order valence-corrected chi connectivity index (χ0v) is 6.42. The molecule has 0 spiro atoms. The van der Waals surface area contributed by atoms with Crippen LogP contribution in [0.2, 0.25) is 5.31 Å². The summed E-state index contributed by atoms with van der Waals surface area (Å²) >= 11 is 0. The minimum absolute atomic E-state index is 0.481. The summed E-state index contributed by atoms with van der Waals surface area (Å²) in [6, 6.07) is 0. The summed E-state index contributed by atoms with van der Waals surface area (Å²) < 4.78 is 4.41. The Morgan fingerprint density at radius 2 is 2.10 bits per heavy atom. The summed E-state index contributed by atoms with van der Waals surface area (Å²) in [5.41, 5.74) is 0. The van der Waals surface area contributed by atoms with Gasteiger partial charge in [0, 0.05) is 0 Å². The molecule has 0 fully saturated rings. The Morgan fingerprint density at radius 1 is 1.70 bits per heavy atom. The second-order valence-electron chi connectivity index (χ2n) is 2.85. The van der Waals surface area contributed by atoms with Gasteiger partial charge in [0.25, 0.3) is 0 Å². The van der Waals surface area contributed by atoms with Crippen LogP contribution in [0, 0.1) is 0 Å². The molecule has 3 nitrogen and oxygen atoms in total. The van der Waals surface area contributed by atoms with Gasteiger partial charge in [-0.15, -0.1) is 0 Å². The lowest BCUT2D eigenvalue weighted by molar-refractivity contribution is 0.0444. The lowest BCUT2D eigenvalue weighted by Crippen LogP contribution is -2.25. The molecular formula is C6H11BO3. The van der Waals surface area contributed by atoms with Crippen molar-refractivity contribution in [1.82, 2.24) is 0 Å². The molecule has 0 saturated heterocycles. The first-order valence-electron chi connectivity index (χ1n) is 3.02. The lowest BCUT2D eigenvalue weighted by atomic mass is 9.69. The highest BCUT2D eigenvalue weighted by Crippen LogP contribution is 2.25. The van der Waals surface area contributed by atoms with E-state index in [0.29, 0.717) is 0 Å². The van der Waals surface area contributed by atoms with Crippen molar-refractivity contribution in [3.05, 3.63) is 0 Å². The van der Waals surface area contributed by atoms with Gasteiger partial charge in [-0.05, 0) is 12.2 Å². The van der Waals surface area contributed by atoms with Gasteiger partial charge in [-0.3, -0.25) is 0 Å². The molecule has 0 aliphatic heterocycles. The predicted molar refractivity (Wildman–Crippen MR) is 38.4 cm³/mol. The largest absolute Gasteiger partial charge is 0.506 e. The highest BCUT2D eigenvalue weighted by atomic mass is 16.7. The fraction of sp³-hybridized carbons (Fsp3) is 0.833. The van der Waals surface area contributed by atoms with Gasteiger partial charge >= 0.3 is 6.16 Å². The topological polar surface area (TPSA) is 46.5 Å². The number of hydrogen-bond acceptors (Lipinski definition) is 2. The Hall–Kier alpha value is -0.665. The van der Waals surface area contributed by atoms with Crippen LogP contribution in [0.4, 0.5) is 4.79 Å². The SMILES string of the molecule is [B]C(C)(C)C(C)OC(=O)O. The standard InChI is InChI=1S/C6H11BO3/c1-4(6(2,3)7)10-5(8)9/h4H,1-3H3,(H,8,9). The van der Waals surface area contributed by atoms with E-state index >= 15 is 0 Å². The van der Waals surface area contributed by atoms with Gasteiger partial charge in [-0.25, -0.2) is 4.79 Å². The minimum atomic E-state index is -1.29. The fourth-order valence-corrected chi connectivity index (χ4v) is 0.303. The zero-order valence-electron chi connectivity index (χ0n) is 6.42. The molecule has 0 bridgehead atoms. The Kier molecular flexibility index (Phi) is 2.75. The van der Waals surface area contributed by atoms with Gasteiger partial charge in [0.15, 0.2) is 0 Å². The molecule has 0 saturated carbocycles. The molecule has 0 aromatic rings. The van der Waals surface area contributed by atoms with Gasteiger partial charge in [0.1, 0.15) is 0 Å². The van der Waals surface area contributed by atoms with E-state index in [4.69, 9.17) is 13.0 Å². The maximum absolute atomic E-state index is 9.98. The summed E-state index contributed by atoms with van der Waals surface area (Å²) in [7, 11) is 5.54. The third-order valence-electron chi connectivity index (χ3n) is 1.33. The molecule has 56 valence electrons. The van der Waals surface area contributed by atoms with Crippen molar-refractivity contribution in [2.24, 2.45) is 0 Å². The predicted octanol–water partition coefficient (Wildman–Crippen LogP) is 1.44. The van der Waals surface area contributed by atoms with E-state index in [1.807, 2.05) is 0 Å². The lowest BCUT2D eigenvalue weighted by Gasteiger charge is -2.25. The zero-order chi connectivity index (χ0) is 8.36. The normalized spacial score (nSPS) is 14.3. The first-order chi connectivity index (χ1) is 4.34. The summed E-state index contributed by atoms with van der Waals surface area (Å²) in [5, 5.41) is 7.56. The van der Waals surface area contributed by atoms with Gasteiger partial charge in [-0.2, -0.15) is 0 Å². The summed E-state index contributed by atoms with van der Waals surface area (Å²) in [6.45, 7) is 5.04. The van der Waals surface area contributed by atoms with Crippen molar-refractivity contribution >= 4 is 14.0 Å². The van der Waals surface area contributed by atoms with Gasteiger partial charge < -0.3 is 9.84 Å². The van der Waals surface area contributed by atoms with E-state index in [-0.39, 0.29) is 0 Å². The monoisotopic (exact) mass is 142 g/mol. The number of carboxylic acid groups (broad SMARTS) is 1. The molecule has 1 N–H and O–H groups in total.